The maximum absolute atomic E-state index is 13.1. The third kappa shape index (κ3) is 4.89. The number of rotatable bonds is 5. The molecule has 2 aromatic heterocycles. The molecule has 1 unspecified atom stereocenters. The lowest BCUT2D eigenvalue weighted by Crippen LogP contribution is -2.51. The lowest BCUT2D eigenvalue weighted by Gasteiger charge is -2.39. The number of hydrogen-bond acceptors (Lipinski definition) is 6. The van der Waals surface area contributed by atoms with Gasteiger partial charge in [-0.2, -0.15) is 4.31 Å². The molecular formula is C21H27ClN4O3S2. The molecule has 168 valence electrons. The van der Waals surface area contributed by atoms with Gasteiger partial charge in [0.25, 0.3) is 10.0 Å². The molecule has 0 spiro atoms. The van der Waals surface area contributed by atoms with E-state index in [1.807, 2.05) is 30.0 Å². The Bertz CT molecular complexity index is 999. The van der Waals surface area contributed by atoms with Crippen molar-refractivity contribution in [3.63, 3.8) is 0 Å². The van der Waals surface area contributed by atoms with Gasteiger partial charge in [0.05, 0.1) is 4.34 Å². The molecule has 0 N–H and O–H groups in total. The van der Waals surface area contributed by atoms with Crippen molar-refractivity contribution in [2.24, 2.45) is 11.8 Å². The molecule has 0 radical (unpaired) electrons. The highest BCUT2D eigenvalue weighted by Gasteiger charge is 2.36. The first kappa shape index (κ1) is 22.5. The molecule has 1 amide bonds. The van der Waals surface area contributed by atoms with Gasteiger partial charge in [-0.05, 0) is 43.0 Å². The molecule has 0 aromatic carbocycles. The van der Waals surface area contributed by atoms with E-state index in [4.69, 9.17) is 11.6 Å². The number of thiophene rings is 1. The molecule has 4 rings (SSSR count). The monoisotopic (exact) mass is 482 g/mol. The molecule has 4 heterocycles. The standard InChI is InChI=1S/C21H27ClN4O3S2/c1-16(21(27)25-14-12-24(13-15-25)19-4-2-3-9-23-19)17-7-10-26(11-8-17)31(28,29)20-6-5-18(22)30-20/h2-6,9,16-17H,7-8,10-15H2,1H3. The minimum Gasteiger partial charge on any atom is -0.353 e. The summed E-state index contributed by atoms with van der Waals surface area (Å²) in [4.78, 5) is 21.6. The molecule has 2 aliphatic heterocycles. The quantitative estimate of drug-likeness (QED) is 0.654. The van der Waals surface area contributed by atoms with Crippen LogP contribution < -0.4 is 4.90 Å². The molecule has 0 saturated carbocycles. The average Bonchev–Trinajstić information content (AvgIpc) is 3.26. The van der Waals surface area contributed by atoms with Gasteiger partial charge in [-0.15, -0.1) is 11.3 Å². The molecule has 7 nitrogen and oxygen atoms in total. The van der Waals surface area contributed by atoms with Crippen LogP contribution in [-0.2, 0) is 14.8 Å². The van der Waals surface area contributed by atoms with Crippen LogP contribution >= 0.6 is 22.9 Å². The predicted octanol–water partition coefficient (Wildman–Crippen LogP) is 3.18. The van der Waals surface area contributed by atoms with Crippen LogP contribution in [0.25, 0.3) is 0 Å². The fourth-order valence-corrected chi connectivity index (χ4v) is 7.47. The Balaban J connectivity index is 1.30. The van der Waals surface area contributed by atoms with E-state index in [-0.39, 0.29) is 22.0 Å². The van der Waals surface area contributed by atoms with E-state index in [1.165, 1.54) is 4.31 Å². The van der Waals surface area contributed by atoms with E-state index in [9.17, 15) is 13.2 Å². The number of piperazine rings is 1. The normalized spacial score (nSPS) is 20.1. The van der Waals surface area contributed by atoms with Crippen LogP contribution in [0.4, 0.5) is 5.82 Å². The van der Waals surface area contributed by atoms with E-state index in [0.717, 1.165) is 30.2 Å². The zero-order valence-electron chi connectivity index (χ0n) is 17.5. The topological polar surface area (TPSA) is 73.8 Å². The van der Waals surface area contributed by atoms with Crippen molar-refractivity contribution in [2.75, 3.05) is 44.2 Å². The highest BCUT2D eigenvalue weighted by atomic mass is 35.5. The number of carbonyl (C=O) groups is 1. The highest BCUT2D eigenvalue weighted by molar-refractivity contribution is 7.91. The Morgan fingerprint density at radius 1 is 1.10 bits per heavy atom. The molecule has 31 heavy (non-hydrogen) atoms. The number of carbonyl (C=O) groups excluding carboxylic acids is 1. The van der Waals surface area contributed by atoms with Crippen LogP contribution in [0.2, 0.25) is 4.34 Å². The van der Waals surface area contributed by atoms with Crippen LogP contribution in [0.3, 0.4) is 0 Å². The smallest absolute Gasteiger partial charge is 0.252 e. The predicted molar refractivity (Wildman–Crippen MR) is 123 cm³/mol. The number of amides is 1. The number of piperidine rings is 1. The average molecular weight is 483 g/mol. The van der Waals surface area contributed by atoms with Crippen molar-refractivity contribution in [3.05, 3.63) is 40.9 Å². The van der Waals surface area contributed by atoms with Gasteiger partial charge in [0.1, 0.15) is 10.0 Å². The summed E-state index contributed by atoms with van der Waals surface area (Å²) in [7, 11) is -3.50. The molecule has 2 fully saturated rings. The molecule has 2 saturated heterocycles. The zero-order chi connectivity index (χ0) is 22.0. The minimum absolute atomic E-state index is 0.109. The molecule has 0 aliphatic carbocycles. The van der Waals surface area contributed by atoms with Crippen LogP contribution in [0, 0.1) is 11.8 Å². The van der Waals surface area contributed by atoms with Crippen LogP contribution in [0.1, 0.15) is 19.8 Å². The fourth-order valence-electron chi connectivity index (χ4n) is 4.37. The largest absolute Gasteiger partial charge is 0.353 e. The number of nitrogens with zero attached hydrogens (tertiary/aromatic N) is 4. The number of aromatic nitrogens is 1. The molecule has 10 heteroatoms. The van der Waals surface area contributed by atoms with Crippen LogP contribution in [0.15, 0.2) is 40.7 Å². The summed E-state index contributed by atoms with van der Waals surface area (Å²) in [5.74, 6) is 1.21. The van der Waals surface area contributed by atoms with E-state index in [1.54, 1.807) is 18.3 Å². The minimum atomic E-state index is -3.50. The van der Waals surface area contributed by atoms with Crippen LogP contribution in [0.5, 0.6) is 0 Å². The Labute approximate surface area is 192 Å². The van der Waals surface area contributed by atoms with Gasteiger partial charge in [0, 0.05) is 51.4 Å². The molecule has 2 aliphatic rings. The van der Waals surface area contributed by atoms with Crippen molar-refractivity contribution in [1.82, 2.24) is 14.2 Å². The van der Waals surface area contributed by atoms with E-state index in [2.05, 4.69) is 9.88 Å². The van der Waals surface area contributed by atoms with Crippen molar-refractivity contribution in [2.45, 2.75) is 24.0 Å². The number of pyridine rings is 1. The maximum atomic E-state index is 13.1. The van der Waals surface area contributed by atoms with Gasteiger partial charge in [-0.25, -0.2) is 13.4 Å². The summed E-state index contributed by atoms with van der Waals surface area (Å²) in [5, 5.41) is 0. The second-order valence-corrected chi connectivity index (χ2v) is 12.0. The van der Waals surface area contributed by atoms with Gasteiger partial charge >= 0.3 is 0 Å². The molecule has 2 aromatic rings. The second kappa shape index (κ2) is 9.44. The first-order valence-electron chi connectivity index (χ1n) is 10.6. The van der Waals surface area contributed by atoms with Gasteiger partial charge in [0.2, 0.25) is 5.91 Å². The number of anilines is 1. The molecule has 0 bridgehead atoms. The molecular weight excluding hydrogens is 456 g/mol. The third-order valence-electron chi connectivity index (χ3n) is 6.30. The number of halogens is 1. The third-order valence-corrected chi connectivity index (χ3v) is 9.90. The summed E-state index contributed by atoms with van der Waals surface area (Å²) in [6, 6.07) is 9.04. The first-order chi connectivity index (χ1) is 14.9. The molecule has 1 atom stereocenters. The van der Waals surface area contributed by atoms with Crippen LogP contribution in [-0.4, -0.2) is 67.8 Å². The first-order valence-corrected chi connectivity index (χ1v) is 13.2. The lowest BCUT2D eigenvalue weighted by atomic mass is 9.85. The van der Waals surface area contributed by atoms with Gasteiger partial charge in [-0.3, -0.25) is 4.79 Å². The number of sulfonamides is 1. The van der Waals surface area contributed by atoms with E-state index in [0.29, 0.717) is 43.4 Å². The van der Waals surface area contributed by atoms with Crippen molar-refractivity contribution in [1.29, 1.82) is 0 Å². The van der Waals surface area contributed by atoms with Crippen molar-refractivity contribution < 1.29 is 13.2 Å². The Morgan fingerprint density at radius 2 is 1.81 bits per heavy atom. The summed E-state index contributed by atoms with van der Waals surface area (Å²) in [6.45, 7) is 5.78. The maximum Gasteiger partial charge on any atom is 0.252 e. The Kier molecular flexibility index (Phi) is 6.86. The fraction of sp³-hybridized carbons (Fsp3) is 0.524. The SMILES string of the molecule is CC(C(=O)N1CCN(c2ccccn2)CC1)C1CCN(S(=O)(=O)c2ccc(Cl)s2)CC1. The van der Waals surface area contributed by atoms with E-state index >= 15 is 0 Å². The summed E-state index contributed by atoms with van der Waals surface area (Å²) >= 11 is 6.99. The lowest BCUT2D eigenvalue weighted by molar-refractivity contribution is -0.137. The Morgan fingerprint density at radius 3 is 2.39 bits per heavy atom. The second-order valence-electron chi connectivity index (χ2n) is 8.09. The van der Waals surface area contributed by atoms with Crippen molar-refractivity contribution in [3.8, 4) is 0 Å². The summed E-state index contributed by atoms with van der Waals surface area (Å²) < 4.78 is 27.9. The Hall–Kier alpha value is -1.68. The highest BCUT2D eigenvalue weighted by Crippen LogP contribution is 2.33. The van der Waals surface area contributed by atoms with Crippen molar-refractivity contribution >= 4 is 44.7 Å². The van der Waals surface area contributed by atoms with Gasteiger partial charge in [-0.1, -0.05) is 24.6 Å². The summed E-state index contributed by atoms with van der Waals surface area (Å²) in [6.07, 6.45) is 3.17. The summed E-state index contributed by atoms with van der Waals surface area (Å²) in [5.41, 5.74) is 0. The number of hydrogen-bond donors (Lipinski definition) is 0. The van der Waals surface area contributed by atoms with Gasteiger partial charge < -0.3 is 9.80 Å². The van der Waals surface area contributed by atoms with Gasteiger partial charge in [0.15, 0.2) is 0 Å². The zero-order valence-corrected chi connectivity index (χ0v) is 19.9. The van der Waals surface area contributed by atoms with E-state index < -0.39 is 10.0 Å².